The van der Waals surface area contributed by atoms with E-state index in [0.29, 0.717) is 54.9 Å². The molecule has 12 heteroatoms. The van der Waals surface area contributed by atoms with Crippen molar-refractivity contribution in [3.8, 4) is 0 Å². The predicted molar refractivity (Wildman–Crippen MR) is 188 cm³/mol. The fourth-order valence-corrected chi connectivity index (χ4v) is 7.57. The molecule has 1 saturated carbocycles. The molecule has 3 amide bonds. The quantitative estimate of drug-likeness (QED) is 0.264. The van der Waals surface area contributed by atoms with Crippen LogP contribution in [0.2, 0.25) is 0 Å². The number of anilines is 1. The van der Waals surface area contributed by atoms with Crippen LogP contribution in [0, 0.1) is 6.92 Å². The van der Waals surface area contributed by atoms with E-state index >= 15 is 0 Å². The molecule has 2 saturated heterocycles. The van der Waals surface area contributed by atoms with E-state index in [2.05, 4.69) is 36.2 Å². The largest absolute Gasteiger partial charge is 0.377 e. The summed E-state index contributed by atoms with van der Waals surface area (Å²) in [6, 6.07) is 20.4. The number of aromatic nitrogens is 3. The summed E-state index contributed by atoms with van der Waals surface area (Å²) in [6.07, 6.45) is 4.27. The standard InChI is InChI=1S/C38H44N8O4/c1-25-32(19-40-46(25)31-21-43(22-31)30-12-13-30)35(47)41-29-10-6-26(7-11-29)18-39-36(48)33-14-15-34-38(23-50-24-38)44(16-17-45(33)34)20-27-4-8-28(9-5-27)37(49)42(2)3/h4-11,14-15,19,30-31H,12-13,16-18,20-24H2,1-3H3,(H,39,48)(H,41,47). The highest BCUT2D eigenvalue weighted by atomic mass is 16.5. The summed E-state index contributed by atoms with van der Waals surface area (Å²) >= 11 is 0. The average Bonchev–Trinajstić information content (AvgIpc) is 3.70. The lowest BCUT2D eigenvalue weighted by atomic mass is 9.88. The maximum Gasteiger partial charge on any atom is 0.268 e. The van der Waals surface area contributed by atoms with E-state index in [1.54, 1.807) is 25.2 Å². The van der Waals surface area contributed by atoms with Crippen molar-refractivity contribution >= 4 is 23.4 Å². The summed E-state index contributed by atoms with van der Waals surface area (Å²) in [5.41, 5.74) is 6.35. The molecule has 5 heterocycles. The zero-order chi connectivity index (χ0) is 34.6. The molecule has 0 radical (unpaired) electrons. The van der Waals surface area contributed by atoms with Crippen LogP contribution < -0.4 is 10.6 Å². The predicted octanol–water partition coefficient (Wildman–Crippen LogP) is 3.64. The van der Waals surface area contributed by atoms with Gasteiger partial charge in [0.25, 0.3) is 17.7 Å². The fourth-order valence-electron chi connectivity index (χ4n) is 7.57. The molecule has 4 aromatic rings. The summed E-state index contributed by atoms with van der Waals surface area (Å²) < 4.78 is 9.87. The third kappa shape index (κ3) is 5.91. The Morgan fingerprint density at radius 3 is 2.28 bits per heavy atom. The third-order valence-corrected chi connectivity index (χ3v) is 10.8. The summed E-state index contributed by atoms with van der Waals surface area (Å²) in [5, 5.41) is 10.6. The van der Waals surface area contributed by atoms with Crippen LogP contribution in [0.15, 0.2) is 66.9 Å². The average molecular weight is 677 g/mol. The SMILES string of the molecule is Cc1c(C(=O)Nc2ccc(CNC(=O)c3ccc4n3CCN(Cc3ccc(C(=O)N(C)C)cc3)C43COC3)cc2)cnn1C1CN(C2CC2)C1. The molecule has 8 rings (SSSR count). The first-order chi connectivity index (χ1) is 24.2. The molecule has 0 unspecified atom stereocenters. The van der Waals surface area contributed by atoms with Gasteiger partial charge in [-0.1, -0.05) is 24.3 Å². The van der Waals surface area contributed by atoms with E-state index in [1.807, 2.05) is 66.2 Å². The Morgan fingerprint density at radius 2 is 1.62 bits per heavy atom. The van der Waals surface area contributed by atoms with Crippen LogP contribution in [0.1, 0.15) is 72.6 Å². The van der Waals surface area contributed by atoms with Gasteiger partial charge in [-0.05, 0) is 67.3 Å². The monoisotopic (exact) mass is 676 g/mol. The number of rotatable bonds is 10. The van der Waals surface area contributed by atoms with Crippen LogP contribution >= 0.6 is 0 Å². The van der Waals surface area contributed by atoms with E-state index in [0.717, 1.165) is 54.7 Å². The number of fused-ring (bicyclic) bond motifs is 2. The number of likely N-dealkylation sites (tertiary alicyclic amines) is 1. The minimum Gasteiger partial charge on any atom is -0.377 e. The lowest BCUT2D eigenvalue weighted by Gasteiger charge is -2.53. The summed E-state index contributed by atoms with van der Waals surface area (Å²) in [4.78, 5) is 45.3. The molecule has 3 fully saturated rings. The number of carbonyl (C=O) groups excluding carboxylic acids is 3. The van der Waals surface area contributed by atoms with Crippen LogP contribution in [0.4, 0.5) is 5.69 Å². The lowest BCUT2D eigenvalue weighted by molar-refractivity contribution is -0.162. The molecule has 0 bridgehead atoms. The summed E-state index contributed by atoms with van der Waals surface area (Å²) in [5.74, 6) is -0.312. The normalized spacial score (nSPS) is 18.6. The summed E-state index contributed by atoms with van der Waals surface area (Å²) in [6.45, 7) is 7.67. The number of carbonyl (C=O) groups is 3. The van der Waals surface area contributed by atoms with E-state index in [1.165, 1.54) is 12.8 Å². The van der Waals surface area contributed by atoms with Gasteiger partial charge in [0.15, 0.2) is 0 Å². The Balaban J connectivity index is 0.864. The number of nitrogens with one attached hydrogen (secondary N) is 2. The van der Waals surface area contributed by atoms with Crippen molar-refractivity contribution in [2.45, 2.75) is 57.0 Å². The van der Waals surface area contributed by atoms with E-state index < -0.39 is 0 Å². The number of ether oxygens (including phenoxy) is 1. The first-order valence-corrected chi connectivity index (χ1v) is 17.5. The van der Waals surface area contributed by atoms with Gasteiger partial charge in [0, 0.05) is 82.0 Å². The van der Waals surface area contributed by atoms with Crippen molar-refractivity contribution in [1.29, 1.82) is 0 Å². The van der Waals surface area contributed by atoms with E-state index in [4.69, 9.17) is 4.74 Å². The van der Waals surface area contributed by atoms with Gasteiger partial charge in [-0.2, -0.15) is 5.10 Å². The molecule has 260 valence electrons. The molecule has 1 aliphatic carbocycles. The van der Waals surface area contributed by atoms with Crippen molar-refractivity contribution in [1.82, 2.24) is 34.4 Å². The van der Waals surface area contributed by atoms with Crippen LogP contribution in [-0.4, -0.2) is 99.8 Å². The van der Waals surface area contributed by atoms with Crippen molar-refractivity contribution in [2.24, 2.45) is 0 Å². The van der Waals surface area contributed by atoms with Gasteiger partial charge in [-0.15, -0.1) is 0 Å². The van der Waals surface area contributed by atoms with Crippen molar-refractivity contribution in [3.05, 3.63) is 106 Å². The minimum absolute atomic E-state index is 0.0124. The first kappa shape index (κ1) is 32.4. The van der Waals surface area contributed by atoms with E-state index in [-0.39, 0.29) is 23.3 Å². The number of benzene rings is 2. The highest BCUT2D eigenvalue weighted by Crippen LogP contribution is 2.41. The molecule has 12 nitrogen and oxygen atoms in total. The van der Waals surface area contributed by atoms with Gasteiger partial charge < -0.3 is 24.8 Å². The molecule has 2 aromatic carbocycles. The molecule has 2 N–H and O–H groups in total. The topological polar surface area (TPSA) is 117 Å². The second kappa shape index (κ2) is 12.8. The smallest absolute Gasteiger partial charge is 0.268 e. The summed E-state index contributed by atoms with van der Waals surface area (Å²) in [7, 11) is 3.51. The molecule has 0 atom stereocenters. The zero-order valence-corrected chi connectivity index (χ0v) is 28.9. The third-order valence-electron chi connectivity index (χ3n) is 10.8. The molecule has 3 aliphatic heterocycles. The van der Waals surface area contributed by atoms with Gasteiger partial charge in [-0.3, -0.25) is 28.9 Å². The van der Waals surface area contributed by atoms with Crippen molar-refractivity contribution < 1.29 is 19.1 Å². The molecular formula is C38H44N8O4. The molecule has 2 aromatic heterocycles. The molecule has 1 spiro atoms. The number of nitrogens with zero attached hydrogens (tertiary/aromatic N) is 6. The lowest BCUT2D eigenvalue weighted by Crippen LogP contribution is -2.63. The Kier molecular flexibility index (Phi) is 8.32. The second-order valence-electron chi connectivity index (χ2n) is 14.4. The van der Waals surface area contributed by atoms with E-state index in [9.17, 15) is 14.4 Å². The van der Waals surface area contributed by atoms with Gasteiger partial charge in [-0.25, -0.2) is 0 Å². The van der Waals surface area contributed by atoms with Gasteiger partial charge >= 0.3 is 0 Å². The minimum atomic E-state index is -0.291. The molecule has 50 heavy (non-hydrogen) atoms. The zero-order valence-electron chi connectivity index (χ0n) is 28.9. The van der Waals surface area contributed by atoms with Crippen LogP contribution in [0.5, 0.6) is 0 Å². The Bertz CT molecular complexity index is 1910. The van der Waals surface area contributed by atoms with Gasteiger partial charge in [0.2, 0.25) is 0 Å². The number of hydrogen-bond acceptors (Lipinski definition) is 7. The van der Waals surface area contributed by atoms with Crippen LogP contribution in [0.25, 0.3) is 0 Å². The van der Waals surface area contributed by atoms with Crippen molar-refractivity contribution in [2.75, 3.05) is 52.3 Å². The number of hydrogen-bond donors (Lipinski definition) is 2. The molecular weight excluding hydrogens is 632 g/mol. The Morgan fingerprint density at radius 1 is 0.900 bits per heavy atom. The van der Waals surface area contributed by atoms with Crippen LogP contribution in [-0.2, 0) is 29.9 Å². The maximum absolute atomic E-state index is 13.4. The highest BCUT2D eigenvalue weighted by Gasteiger charge is 2.50. The Hall–Kier alpha value is -4.78. The Labute approximate surface area is 292 Å². The molecule has 4 aliphatic rings. The van der Waals surface area contributed by atoms with Crippen LogP contribution in [0.3, 0.4) is 0 Å². The van der Waals surface area contributed by atoms with Crippen molar-refractivity contribution in [3.63, 3.8) is 0 Å². The number of amides is 3. The fraction of sp³-hybridized carbons (Fsp3) is 0.421. The highest BCUT2D eigenvalue weighted by molar-refractivity contribution is 6.05. The van der Waals surface area contributed by atoms with Gasteiger partial charge in [0.1, 0.15) is 11.2 Å². The maximum atomic E-state index is 13.4. The second-order valence-corrected chi connectivity index (χ2v) is 14.4. The first-order valence-electron chi connectivity index (χ1n) is 17.5. The van der Waals surface area contributed by atoms with Gasteiger partial charge in [0.05, 0.1) is 31.0 Å².